The molecular formula is C20H34N4O2. The van der Waals surface area contributed by atoms with Gasteiger partial charge in [-0.1, -0.05) is 32.8 Å². The number of hydrogen-bond acceptors (Lipinski definition) is 3. The van der Waals surface area contributed by atoms with Gasteiger partial charge in [0.05, 0.1) is 6.54 Å². The quantitative estimate of drug-likeness (QED) is 0.339. The van der Waals surface area contributed by atoms with Gasteiger partial charge >= 0.3 is 0 Å². The Morgan fingerprint density at radius 1 is 1.23 bits per heavy atom. The second-order valence-corrected chi connectivity index (χ2v) is 6.93. The molecule has 6 nitrogen and oxygen atoms in total. The summed E-state index contributed by atoms with van der Waals surface area (Å²) in [6.45, 7) is 9.32. The van der Waals surface area contributed by atoms with Crippen LogP contribution in [0.4, 0.5) is 5.69 Å². The molecule has 0 aliphatic rings. The molecule has 6 heteroatoms. The molecule has 1 rings (SSSR count). The second-order valence-electron chi connectivity index (χ2n) is 6.93. The number of benzene rings is 1. The van der Waals surface area contributed by atoms with Gasteiger partial charge in [0.2, 0.25) is 5.91 Å². The van der Waals surface area contributed by atoms with Crippen molar-refractivity contribution in [3.05, 3.63) is 24.3 Å². The van der Waals surface area contributed by atoms with Gasteiger partial charge in [-0.05, 0) is 31.4 Å². The first kappa shape index (κ1) is 21.8. The largest absolute Gasteiger partial charge is 0.492 e. The standard InChI is InChI=1S/C20H34N4O2/c1-15(2)8-6-9-16(3)23-20(21-5)22-12-13-26-19-11-7-10-18(14-19)24-17(4)25/h7,10-11,14-16H,6,8-9,12-13H2,1-5H3,(H,24,25)(H2,21,22,23). The smallest absolute Gasteiger partial charge is 0.221 e. The van der Waals surface area contributed by atoms with Crippen LogP contribution in [-0.2, 0) is 4.79 Å². The average Bonchev–Trinajstić information content (AvgIpc) is 2.57. The maximum Gasteiger partial charge on any atom is 0.221 e. The number of amides is 1. The fourth-order valence-electron chi connectivity index (χ4n) is 2.54. The molecule has 0 bridgehead atoms. The topological polar surface area (TPSA) is 74.8 Å². The molecule has 0 aliphatic carbocycles. The fraction of sp³-hybridized carbons (Fsp3) is 0.600. The van der Waals surface area contributed by atoms with E-state index in [0.717, 1.165) is 29.7 Å². The van der Waals surface area contributed by atoms with Crippen LogP contribution >= 0.6 is 0 Å². The van der Waals surface area contributed by atoms with E-state index < -0.39 is 0 Å². The number of hydrogen-bond donors (Lipinski definition) is 3. The van der Waals surface area contributed by atoms with Crippen LogP contribution in [0, 0.1) is 5.92 Å². The van der Waals surface area contributed by atoms with Crippen LogP contribution < -0.4 is 20.7 Å². The second kappa shape index (κ2) is 12.2. The number of carbonyl (C=O) groups excluding carboxylic acids is 1. The molecule has 0 radical (unpaired) electrons. The molecule has 0 spiro atoms. The Morgan fingerprint density at radius 3 is 2.65 bits per heavy atom. The lowest BCUT2D eigenvalue weighted by atomic mass is 10.0. The van der Waals surface area contributed by atoms with E-state index in [1.807, 2.05) is 24.3 Å². The first-order valence-electron chi connectivity index (χ1n) is 9.38. The van der Waals surface area contributed by atoms with Crippen LogP contribution in [0.3, 0.4) is 0 Å². The van der Waals surface area contributed by atoms with Crippen LogP contribution in [0.2, 0.25) is 0 Å². The molecule has 0 saturated heterocycles. The van der Waals surface area contributed by atoms with Crippen LogP contribution in [0.1, 0.15) is 47.0 Å². The van der Waals surface area contributed by atoms with Crippen LogP contribution in [0.5, 0.6) is 5.75 Å². The van der Waals surface area contributed by atoms with Crippen molar-refractivity contribution >= 4 is 17.6 Å². The van der Waals surface area contributed by atoms with E-state index in [1.54, 1.807) is 7.05 Å². The molecule has 0 fully saturated rings. The van der Waals surface area contributed by atoms with Crippen molar-refractivity contribution in [1.29, 1.82) is 0 Å². The summed E-state index contributed by atoms with van der Waals surface area (Å²) in [5.41, 5.74) is 0.732. The number of rotatable bonds is 10. The van der Waals surface area contributed by atoms with Crippen molar-refractivity contribution in [1.82, 2.24) is 10.6 Å². The highest BCUT2D eigenvalue weighted by atomic mass is 16.5. The Bertz CT molecular complexity index is 573. The molecule has 1 aromatic rings. The van der Waals surface area contributed by atoms with Gasteiger partial charge in [0.25, 0.3) is 0 Å². The normalized spacial score (nSPS) is 12.6. The maximum atomic E-state index is 11.1. The van der Waals surface area contributed by atoms with Gasteiger partial charge in [-0.15, -0.1) is 0 Å². The van der Waals surface area contributed by atoms with Crippen molar-refractivity contribution < 1.29 is 9.53 Å². The van der Waals surface area contributed by atoms with Crippen LogP contribution in [0.15, 0.2) is 29.3 Å². The Kier molecular flexibility index (Phi) is 10.2. The minimum Gasteiger partial charge on any atom is -0.492 e. The number of guanidine groups is 1. The molecule has 3 N–H and O–H groups in total. The molecule has 0 heterocycles. The first-order chi connectivity index (χ1) is 12.4. The molecule has 0 aliphatic heterocycles. The number of ether oxygens (including phenoxy) is 1. The highest BCUT2D eigenvalue weighted by molar-refractivity contribution is 5.88. The van der Waals surface area contributed by atoms with E-state index in [2.05, 4.69) is 41.7 Å². The molecule has 146 valence electrons. The molecule has 26 heavy (non-hydrogen) atoms. The summed E-state index contributed by atoms with van der Waals surface area (Å²) in [5, 5.41) is 9.41. The monoisotopic (exact) mass is 362 g/mol. The zero-order valence-corrected chi connectivity index (χ0v) is 16.8. The lowest BCUT2D eigenvalue weighted by Crippen LogP contribution is -2.43. The summed E-state index contributed by atoms with van der Waals surface area (Å²) < 4.78 is 5.72. The number of anilines is 1. The zero-order valence-electron chi connectivity index (χ0n) is 16.8. The van der Waals surface area contributed by atoms with Crippen molar-refractivity contribution in [2.45, 2.75) is 53.0 Å². The predicted molar refractivity (Wildman–Crippen MR) is 109 cm³/mol. The van der Waals surface area contributed by atoms with Crippen LogP contribution in [-0.4, -0.2) is 38.1 Å². The van der Waals surface area contributed by atoms with E-state index in [1.165, 1.54) is 19.8 Å². The van der Waals surface area contributed by atoms with Gasteiger partial charge < -0.3 is 20.7 Å². The third kappa shape index (κ3) is 9.91. The first-order valence-corrected chi connectivity index (χ1v) is 9.38. The highest BCUT2D eigenvalue weighted by Crippen LogP contribution is 2.17. The van der Waals surface area contributed by atoms with Crippen molar-refractivity contribution in [2.24, 2.45) is 10.9 Å². The summed E-state index contributed by atoms with van der Waals surface area (Å²) in [5.74, 6) is 2.17. The Hall–Kier alpha value is -2.24. The van der Waals surface area contributed by atoms with Gasteiger partial charge in [-0.25, -0.2) is 0 Å². The molecule has 0 aromatic heterocycles. The van der Waals surface area contributed by atoms with E-state index >= 15 is 0 Å². The van der Waals surface area contributed by atoms with E-state index in [-0.39, 0.29) is 5.91 Å². The highest BCUT2D eigenvalue weighted by Gasteiger charge is 2.06. The van der Waals surface area contributed by atoms with Gasteiger partial charge in [0.15, 0.2) is 5.96 Å². The molecular weight excluding hydrogens is 328 g/mol. The summed E-state index contributed by atoms with van der Waals surface area (Å²) in [4.78, 5) is 15.4. The van der Waals surface area contributed by atoms with Crippen molar-refractivity contribution in [2.75, 3.05) is 25.5 Å². The fourth-order valence-corrected chi connectivity index (χ4v) is 2.54. The minimum atomic E-state index is -0.0961. The van der Waals surface area contributed by atoms with E-state index in [9.17, 15) is 4.79 Å². The minimum absolute atomic E-state index is 0.0961. The van der Waals surface area contributed by atoms with Crippen molar-refractivity contribution in [3.63, 3.8) is 0 Å². The van der Waals surface area contributed by atoms with Crippen LogP contribution in [0.25, 0.3) is 0 Å². The summed E-state index contributed by atoms with van der Waals surface area (Å²) in [7, 11) is 1.77. The number of nitrogens with one attached hydrogen (secondary N) is 3. The molecule has 1 amide bonds. The lowest BCUT2D eigenvalue weighted by Gasteiger charge is -2.18. The molecule has 1 atom stereocenters. The van der Waals surface area contributed by atoms with Gasteiger partial charge in [-0.2, -0.15) is 0 Å². The SMILES string of the molecule is CN=C(NCCOc1cccc(NC(C)=O)c1)NC(C)CCCC(C)C. The molecule has 1 unspecified atom stereocenters. The Labute approximate surface area is 157 Å². The molecule has 1 aromatic carbocycles. The Morgan fingerprint density at radius 2 is 2.00 bits per heavy atom. The average molecular weight is 363 g/mol. The lowest BCUT2D eigenvalue weighted by molar-refractivity contribution is -0.114. The van der Waals surface area contributed by atoms with Gasteiger partial charge in [-0.3, -0.25) is 9.79 Å². The third-order valence-corrected chi connectivity index (χ3v) is 3.84. The van der Waals surface area contributed by atoms with Gasteiger partial charge in [0.1, 0.15) is 12.4 Å². The third-order valence-electron chi connectivity index (χ3n) is 3.84. The zero-order chi connectivity index (χ0) is 19.4. The predicted octanol–water partition coefficient (Wildman–Crippen LogP) is 3.40. The van der Waals surface area contributed by atoms with Gasteiger partial charge in [0, 0.05) is 31.8 Å². The number of nitrogens with zero attached hydrogens (tertiary/aromatic N) is 1. The number of aliphatic imine (C=N–C) groups is 1. The maximum absolute atomic E-state index is 11.1. The van der Waals surface area contributed by atoms with E-state index in [0.29, 0.717) is 19.2 Å². The molecule has 0 saturated carbocycles. The summed E-state index contributed by atoms with van der Waals surface area (Å²) in [6, 6.07) is 7.75. The van der Waals surface area contributed by atoms with E-state index in [4.69, 9.17) is 4.74 Å². The van der Waals surface area contributed by atoms with Crippen molar-refractivity contribution in [3.8, 4) is 5.75 Å². The Balaban J connectivity index is 2.29. The summed E-state index contributed by atoms with van der Waals surface area (Å²) in [6.07, 6.45) is 3.60. The summed E-state index contributed by atoms with van der Waals surface area (Å²) >= 11 is 0. The number of carbonyl (C=O) groups is 1.